The van der Waals surface area contributed by atoms with E-state index in [-0.39, 0.29) is 13.2 Å². The first-order chi connectivity index (χ1) is 6.21. The van der Waals surface area contributed by atoms with Crippen molar-refractivity contribution in [2.75, 3.05) is 19.7 Å². The summed E-state index contributed by atoms with van der Waals surface area (Å²) >= 11 is 0. The van der Waals surface area contributed by atoms with Crippen LogP contribution in [-0.4, -0.2) is 25.3 Å². The maximum absolute atomic E-state index is 7.24. The van der Waals surface area contributed by atoms with Gasteiger partial charge in [0.15, 0.2) is 0 Å². The van der Waals surface area contributed by atoms with Crippen molar-refractivity contribution in [1.29, 1.82) is 0 Å². The molecule has 2 heteroatoms. The van der Waals surface area contributed by atoms with E-state index in [1.54, 1.807) is 0 Å². The third kappa shape index (κ3) is 1.46. The maximum atomic E-state index is 7.24. The Morgan fingerprint density at radius 2 is 2.62 bits per heavy atom. The molecule has 1 rings (SSSR count). The van der Waals surface area contributed by atoms with Gasteiger partial charge in [-0.25, -0.2) is 0 Å². The smallest absolute Gasteiger partial charge is 0.0750 e. The van der Waals surface area contributed by atoms with E-state index in [0.29, 0.717) is 6.54 Å². The van der Waals surface area contributed by atoms with Gasteiger partial charge in [0.1, 0.15) is 0 Å². The molecule has 8 heavy (non-hydrogen) atoms. The van der Waals surface area contributed by atoms with Crippen LogP contribution < -0.4 is 5.32 Å². The summed E-state index contributed by atoms with van der Waals surface area (Å²) in [5, 5.41) is 2.74. The van der Waals surface area contributed by atoms with E-state index in [1.807, 2.05) is 0 Å². The minimum absolute atomic E-state index is 0.108. The van der Waals surface area contributed by atoms with Crippen LogP contribution in [-0.2, 0) is 4.74 Å². The van der Waals surface area contributed by atoms with Crippen LogP contribution >= 0.6 is 0 Å². The van der Waals surface area contributed by atoms with Crippen LogP contribution in [0.1, 0.15) is 21.9 Å². The molecule has 0 amide bonds. The number of rotatable bonds is 0. The van der Waals surface area contributed by atoms with E-state index < -0.39 is 19.3 Å². The monoisotopic (exact) mass is 121 g/mol. The average Bonchev–Trinajstić information content (AvgIpc) is 2.02. The molecule has 48 valence electrons. The Bertz CT molecular complexity index is 187. The number of hydrogen-bond donors (Lipinski definition) is 1. The average molecular weight is 121 g/mol. The molecule has 0 aromatic heterocycles. The third-order valence-corrected chi connectivity index (χ3v) is 1.00. The molecule has 1 fully saturated rings. The summed E-state index contributed by atoms with van der Waals surface area (Å²) in [5.74, 6) is 0. The Morgan fingerprint density at radius 1 is 1.75 bits per heavy atom. The lowest BCUT2D eigenvalue weighted by Gasteiger charge is -2.30. The zero-order valence-corrected chi connectivity index (χ0v) is 4.53. The second kappa shape index (κ2) is 2.03. The van der Waals surface area contributed by atoms with E-state index in [0.717, 1.165) is 0 Å². The second-order valence-corrected chi connectivity index (χ2v) is 1.85. The largest absolute Gasteiger partial charge is 0.373 e. The lowest BCUT2D eigenvalue weighted by molar-refractivity contribution is -0.0384. The minimum atomic E-state index is -2.65. The van der Waals surface area contributed by atoms with Gasteiger partial charge in [-0.1, -0.05) is 0 Å². The highest BCUT2D eigenvalue weighted by Gasteiger charge is 2.20. The molecular weight excluding hydrogens is 102 g/mol. The van der Waals surface area contributed by atoms with Gasteiger partial charge < -0.3 is 10.1 Å². The SMILES string of the molecule is [2H]C([2H])([2H])C1(C([2H])([2H])[2H])CNCCO1. The molecule has 0 aromatic rings. The fourth-order valence-electron chi connectivity index (χ4n) is 0.613. The zero-order valence-electron chi connectivity index (χ0n) is 10.5. The molecule has 1 aliphatic heterocycles. The Hall–Kier alpha value is -0.0800. The molecule has 2 nitrogen and oxygen atoms in total. The van der Waals surface area contributed by atoms with Crippen LogP contribution in [0.25, 0.3) is 0 Å². The summed E-state index contributed by atoms with van der Waals surface area (Å²) in [5.41, 5.74) is -2.06. The van der Waals surface area contributed by atoms with Crippen LogP contribution in [0.3, 0.4) is 0 Å². The predicted molar refractivity (Wildman–Crippen MR) is 32.9 cm³/mol. The van der Waals surface area contributed by atoms with Crippen molar-refractivity contribution in [3.05, 3.63) is 0 Å². The van der Waals surface area contributed by atoms with Crippen molar-refractivity contribution < 1.29 is 13.0 Å². The molecule has 0 spiro atoms. The Balaban J connectivity index is 3.01. The first kappa shape index (κ1) is 1.96. The van der Waals surface area contributed by atoms with Crippen molar-refractivity contribution in [2.45, 2.75) is 19.3 Å². The molecule has 0 aromatic carbocycles. The summed E-state index contributed by atoms with van der Waals surface area (Å²) in [6.45, 7) is -4.87. The van der Waals surface area contributed by atoms with Gasteiger partial charge in [0.2, 0.25) is 0 Å². The molecule has 0 atom stereocenters. The molecule has 1 N–H and O–H groups in total. The fourth-order valence-corrected chi connectivity index (χ4v) is 0.613. The highest BCUT2D eigenvalue weighted by molar-refractivity contribution is 4.75. The molecule has 0 unspecified atom stereocenters. The van der Waals surface area contributed by atoms with Gasteiger partial charge in [-0.05, 0) is 13.7 Å². The maximum Gasteiger partial charge on any atom is 0.0750 e. The molecule has 0 aliphatic carbocycles. The van der Waals surface area contributed by atoms with Crippen molar-refractivity contribution >= 4 is 0 Å². The summed E-state index contributed by atoms with van der Waals surface area (Å²) in [7, 11) is 0. The van der Waals surface area contributed by atoms with Gasteiger partial charge in [0.25, 0.3) is 0 Å². The molecule has 1 saturated heterocycles. The quantitative estimate of drug-likeness (QED) is 0.500. The van der Waals surface area contributed by atoms with E-state index >= 15 is 0 Å². The van der Waals surface area contributed by atoms with Gasteiger partial charge in [-0.3, -0.25) is 0 Å². The Labute approximate surface area is 58.7 Å². The van der Waals surface area contributed by atoms with Crippen molar-refractivity contribution in [3.63, 3.8) is 0 Å². The topological polar surface area (TPSA) is 21.3 Å². The summed E-state index contributed by atoms with van der Waals surface area (Å²) in [6.07, 6.45) is 0. The highest BCUT2D eigenvalue weighted by atomic mass is 16.5. The molecule has 0 bridgehead atoms. The van der Waals surface area contributed by atoms with E-state index in [1.165, 1.54) is 0 Å². The number of morpholine rings is 1. The molecular formula is C6H13NO. The molecule has 1 aliphatic rings. The van der Waals surface area contributed by atoms with Crippen LogP contribution in [0.4, 0.5) is 0 Å². The summed E-state index contributed by atoms with van der Waals surface area (Å²) in [6, 6.07) is 0. The second-order valence-electron chi connectivity index (χ2n) is 1.85. The first-order valence-electron chi connectivity index (χ1n) is 5.55. The Morgan fingerprint density at radius 3 is 3.00 bits per heavy atom. The van der Waals surface area contributed by atoms with Gasteiger partial charge >= 0.3 is 0 Å². The van der Waals surface area contributed by atoms with Gasteiger partial charge in [0.05, 0.1) is 12.2 Å². The van der Waals surface area contributed by atoms with Crippen LogP contribution in [0.2, 0.25) is 0 Å². The van der Waals surface area contributed by atoms with Crippen molar-refractivity contribution in [2.24, 2.45) is 0 Å². The summed E-state index contributed by atoms with van der Waals surface area (Å²) in [4.78, 5) is 0. The highest BCUT2D eigenvalue weighted by Crippen LogP contribution is 2.08. The number of nitrogens with one attached hydrogen (secondary N) is 1. The predicted octanol–water partition coefficient (Wildman–Crippen LogP) is 0.385. The Kier molecular flexibility index (Phi) is 0.498. The standard InChI is InChI=1S/C6H13NO/c1-6(2)5-7-3-4-8-6/h7H,3-5H2,1-2H3/i1D3,2D3. The molecule has 0 radical (unpaired) electrons. The van der Waals surface area contributed by atoms with E-state index in [9.17, 15) is 0 Å². The summed E-state index contributed by atoms with van der Waals surface area (Å²) < 4.78 is 48.4. The molecule has 1 heterocycles. The van der Waals surface area contributed by atoms with Gasteiger partial charge in [-0.15, -0.1) is 0 Å². The lowest BCUT2D eigenvalue weighted by Crippen LogP contribution is -2.45. The zero-order chi connectivity index (χ0) is 11.0. The minimum Gasteiger partial charge on any atom is -0.373 e. The fraction of sp³-hybridized carbons (Fsp3) is 1.00. The third-order valence-electron chi connectivity index (χ3n) is 1.00. The number of ether oxygens (including phenoxy) is 1. The number of hydrogen-bond acceptors (Lipinski definition) is 2. The lowest BCUT2D eigenvalue weighted by atomic mass is 10.1. The van der Waals surface area contributed by atoms with E-state index in [2.05, 4.69) is 5.32 Å². The molecule has 0 saturated carbocycles. The van der Waals surface area contributed by atoms with Gasteiger partial charge in [-0.2, -0.15) is 0 Å². The van der Waals surface area contributed by atoms with Gasteiger partial charge in [0, 0.05) is 21.3 Å². The van der Waals surface area contributed by atoms with Crippen LogP contribution in [0.5, 0.6) is 0 Å². The van der Waals surface area contributed by atoms with Crippen LogP contribution in [0, 0.1) is 0 Å². The van der Waals surface area contributed by atoms with Crippen molar-refractivity contribution in [1.82, 2.24) is 5.32 Å². The van der Waals surface area contributed by atoms with E-state index in [4.69, 9.17) is 13.0 Å². The van der Waals surface area contributed by atoms with Crippen molar-refractivity contribution in [3.8, 4) is 0 Å². The van der Waals surface area contributed by atoms with Crippen LogP contribution in [0.15, 0.2) is 0 Å². The normalized spacial score (nSPS) is 42.0. The first-order valence-corrected chi connectivity index (χ1v) is 2.55.